The van der Waals surface area contributed by atoms with E-state index in [1.54, 1.807) is 0 Å². The average Bonchev–Trinajstić information content (AvgIpc) is 2.96. The van der Waals surface area contributed by atoms with Crippen molar-refractivity contribution >= 4 is 17.2 Å². The zero-order chi connectivity index (χ0) is 12.4. The first-order valence-electron chi connectivity index (χ1n) is 6.60. The molecule has 2 aromatic rings. The van der Waals surface area contributed by atoms with Crippen LogP contribution in [0.25, 0.3) is 5.65 Å². The average molecular weight is 264 g/mol. The molecule has 4 heteroatoms. The van der Waals surface area contributed by atoms with Crippen LogP contribution in [0.5, 0.6) is 0 Å². The van der Waals surface area contributed by atoms with Gasteiger partial charge < -0.3 is 9.72 Å². The van der Waals surface area contributed by atoms with Crippen molar-refractivity contribution in [3.05, 3.63) is 36.3 Å². The van der Waals surface area contributed by atoms with Crippen LogP contribution in [-0.4, -0.2) is 21.3 Å². The summed E-state index contributed by atoms with van der Waals surface area (Å²) in [6.07, 6.45) is 7.80. The Kier molecular flexibility index (Phi) is 3.52. The summed E-state index contributed by atoms with van der Waals surface area (Å²) in [4.78, 5) is 4.56. The van der Waals surface area contributed by atoms with E-state index in [0.717, 1.165) is 24.4 Å². The Morgan fingerprint density at radius 1 is 1.39 bits per heavy atom. The molecule has 3 nitrogen and oxygen atoms in total. The summed E-state index contributed by atoms with van der Waals surface area (Å²) in [5.74, 6) is 0.628. The molecule has 0 aliphatic heterocycles. The van der Waals surface area contributed by atoms with Crippen molar-refractivity contribution in [2.45, 2.75) is 31.2 Å². The van der Waals surface area contributed by atoms with Crippen molar-refractivity contribution in [1.82, 2.24) is 14.7 Å². The third-order valence-corrected chi connectivity index (χ3v) is 4.27. The van der Waals surface area contributed by atoms with E-state index in [9.17, 15) is 0 Å². The summed E-state index contributed by atoms with van der Waals surface area (Å²) < 4.78 is 2.05. The van der Waals surface area contributed by atoms with E-state index in [0.29, 0.717) is 11.3 Å². The van der Waals surface area contributed by atoms with Gasteiger partial charge in [0.05, 0.1) is 5.69 Å². The number of rotatable bonds is 4. The molecular formula is C14H18ClN3. The van der Waals surface area contributed by atoms with Gasteiger partial charge >= 0.3 is 0 Å². The summed E-state index contributed by atoms with van der Waals surface area (Å²) in [6.45, 7) is 1.82. The summed E-state index contributed by atoms with van der Waals surface area (Å²) in [5, 5.41) is 3.83. The third-order valence-electron chi connectivity index (χ3n) is 3.69. The van der Waals surface area contributed by atoms with Crippen LogP contribution in [0.15, 0.2) is 30.6 Å². The van der Waals surface area contributed by atoms with Crippen LogP contribution in [0.1, 0.15) is 25.0 Å². The van der Waals surface area contributed by atoms with E-state index >= 15 is 0 Å². The van der Waals surface area contributed by atoms with E-state index in [4.69, 9.17) is 11.6 Å². The van der Waals surface area contributed by atoms with E-state index in [-0.39, 0.29) is 0 Å². The van der Waals surface area contributed by atoms with Gasteiger partial charge in [-0.05, 0) is 37.4 Å². The van der Waals surface area contributed by atoms with Gasteiger partial charge in [0.25, 0.3) is 0 Å². The highest BCUT2D eigenvalue weighted by Gasteiger charge is 2.24. The van der Waals surface area contributed by atoms with Gasteiger partial charge in [0.2, 0.25) is 0 Å². The molecule has 1 aliphatic rings. The Bertz CT molecular complexity index is 489. The number of aromatic nitrogens is 2. The van der Waals surface area contributed by atoms with Crippen LogP contribution in [0.3, 0.4) is 0 Å². The third kappa shape index (κ3) is 2.52. The minimum atomic E-state index is 0.360. The molecule has 1 saturated carbocycles. The first kappa shape index (κ1) is 12.0. The first-order valence-corrected chi connectivity index (χ1v) is 7.04. The molecule has 0 amide bonds. The van der Waals surface area contributed by atoms with Crippen LogP contribution in [-0.2, 0) is 6.54 Å². The summed E-state index contributed by atoms with van der Waals surface area (Å²) in [7, 11) is 0. The van der Waals surface area contributed by atoms with Gasteiger partial charge in [0, 0.05) is 24.3 Å². The Labute approximate surface area is 112 Å². The number of imidazole rings is 1. The second kappa shape index (κ2) is 5.29. The molecule has 1 aliphatic carbocycles. The summed E-state index contributed by atoms with van der Waals surface area (Å²) in [5.41, 5.74) is 2.09. The van der Waals surface area contributed by atoms with Crippen LogP contribution in [0.4, 0.5) is 0 Å². The fourth-order valence-corrected chi connectivity index (χ4v) is 3.05. The zero-order valence-electron chi connectivity index (χ0n) is 10.3. The van der Waals surface area contributed by atoms with Gasteiger partial charge in [-0.2, -0.15) is 0 Å². The van der Waals surface area contributed by atoms with Gasteiger partial charge in [-0.15, -0.1) is 11.6 Å². The fraction of sp³-hybridized carbons (Fsp3) is 0.500. The van der Waals surface area contributed by atoms with Crippen molar-refractivity contribution in [2.24, 2.45) is 5.92 Å². The van der Waals surface area contributed by atoms with E-state index in [2.05, 4.69) is 20.9 Å². The monoisotopic (exact) mass is 263 g/mol. The van der Waals surface area contributed by atoms with Gasteiger partial charge in [-0.3, -0.25) is 0 Å². The van der Waals surface area contributed by atoms with Crippen molar-refractivity contribution in [3.63, 3.8) is 0 Å². The van der Waals surface area contributed by atoms with Crippen molar-refractivity contribution in [3.8, 4) is 0 Å². The molecule has 2 aromatic heterocycles. The number of fused-ring (bicyclic) bond motifs is 1. The fourth-order valence-electron chi connectivity index (χ4n) is 2.68. The maximum absolute atomic E-state index is 6.26. The second-order valence-corrected chi connectivity index (χ2v) is 5.60. The quantitative estimate of drug-likeness (QED) is 0.860. The Morgan fingerprint density at radius 3 is 3.11 bits per heavy atom. The highest BCUT2D eigenvalue weighted by Crippen LogP contribution is 2.29. The number of hydrogen-bond acceptors (Lipinski definition) is 2. The highest BCUT2D eigenvalue weighted by molar-refractivity contribution is 6.20. The van der Waals surface area contributed by atoms with E-state index < -0.39 is 0 Å². The summed E-state index contributed by atoms with van der Waals surface area (Å²) >= 11 is 6.26. The summed E-state index contributed by atoms with van der Waals surface area (Å²) in [6, 6.07) is 6.05. The number of nitrogens with one attached hydrogen (secondary N) is 1. The molecule has 1 N–H and O–H groups in total. The second-order valence-electron chi connectivity index (χ2n) is 5.04. The SMILES string of the molecule is ClC1CCCC1CNCc1cn2ccccc2n1. The Morgan fingerprint density at radius 2 is 2.33 bits per heavy atom. The maximum atomic E-state index is 6.26. The molecule has 18 heavy (non-hydrogen) atoms. The van der Waals surface area contributed by atoms with Crippen LogP contribution in [0.2, 0.25) is 0 Å². The minimum Gasteiger partial charge on any atom is -0.311 e. The van der Waals surface area contributed by atoms with Crippen LogP contribution < -0.4 is 5.32 Å². The highest BCUT2D eigenvalue weighted by atomic mass is 35.5. The topological polar surface area (TPSA) is 29.3 Å². The number of pyridine rings is 1. The molecule has 2 heterocycles. The smallest absolute Gasteiger partial charge is 0.137 e. The normalized spacial score (nSPS) is 23.8. The molecule has 3 rings (SSSR count). The molecule has 0 spiro atoms. The van der Waals surface area contributed by atoms with Crippen molar-refractivity contribution in [2.75, 3.05) is 6.54 Å². The van der Waals surface area contributed by atoms with Gasteiger partial charge in [-0.1, -0.05) is 12.5 Å². The molecule has 0 radical (unpaired) electrons. The Hall–Kier alpha value is -1.06. The molecule has 0 bridgehead atoms. The molecule has 0 aromatic carbocycles. The van der Waals surface area contributed by atoms with Crippen molar-refractivity contribution < 1.29 is 0 Å². The number of alkyl halides is 1. The predicted octanol–water partition coefficient (Wildman–Crippen LogP) is 2.83. The van der Waals surface area contributed by atoms with Crippen LogP contribution >= 0.6 is 11.6 Å². The van der Waals surface area contributed by atoms with E-state index in [1.165, 1.54) is 19.3 Å². The molecule has 2 atom stereocenters. The largest absolute Gasteiger partial charge is 0.311 e. The molecule has 96 valence electrons. The first-order chi connectivity index (χ1) is 8.83. The molecule has 0 saturated heterocycles. The lowest BCUT2D eigenvalue weighted by molar-refractivity contribution is 0.492. The number of hydrogen-bond donors (Lipinski definition) is 1. The molecule has 1 fully saturated rings. The van der Waals surface area contributed by atoms with Gasteiger partial charge in [0.15, 0.2) is 0 Å². The maximum Gasteiger partial charge on any atom is 0.137 e. The zero-order valence-corrected chi connectivity index (χ0v) is 11.1. The standard InChI is InChI=1S/C14H18ClN3/c15-13-5-3-4-11(13)8-16-9-12-10-18-7-2-1-6-14(18)17-12/h1-2,6-7,10-11,13,16H,3-5,8-9H2. The van der Waals surface area contributed by atoms with Gasteiger partial charge in [-0.25, -0.2) is 4.98 Å². The number of nitrogens with zero attached hydrogens (tertiary/aromatic N) is 2. The lowest BCUT2D eigenvalue weighted by Gasteiger charge is -2.13. The van der Waals surface area contributed by atoms with E-state index in [1.807, 2.05) is 24.4 Å². The predicted molar refractivity (Wildman–Crippen MR) is 73.9 cm³/mol. The van der Waals surface area contributed by atoms with Crippen molar-refractivity contribution in [1.29, 1.82) is 0 Å². The lowest BCUT2D eigenvalue weighted by Crippen LogP contribution is -2.25. The molecular weight excluding hydrogens is 246 g/mol. The number of halogens is 1. The Balaban J connectivity index is 1.56. The minimum absolute atomic E-state index is 0.360. The lowest BCUT2D eigenvalue weighted by atomic mass is 10.1. The van der Waals surface area contributed by atoms with Gasteiger partial charge in [0.1, 0.15) is 5.65 Å². The molecule has 2 unspecified atom stereocenters. The van der Waals surface area contributed by atoms with Crippen LogP contribution in [0, 0.1) is 5.92 Å².